The van der Waals surface area contributed by atoms with Gasteiger partial charge in [0.25, 0.3) is 5.56 Å². The average Bonchev–Trinajstić information content (AvgIpc) is 3.33. The van der Waals surface area contributed by atoms with E-state index in [2.05, 4.69) is 20.1 Å². The molecule has 2 unspecified atom stereocenters. The summed E-state index contributed by atoms with van der Waals surface area (Å²) in [6, 6.07) is 0.0804. The Kier molecular flexibility index (Phi) is 15.1. The zero-order chi connectivity index (χ0) is 34.7. The molecule has 268 valence electrons. The first kappa shape index (κ1) is 38.9. The number of unbranched alkanes of at least 4 members (excludes halogenated alkanes) is 1. The summed E-state index contributed by atoms with van der Waals surface area (Å²) >= 11 is 0. The van der Waals surface area contributed by atoms with Crippen molar-refractivity contribution in [3.63, 3.8) is 0 Å². The molecule has 20 heteroatoms. The number of aromatic amines is 1. The Morgan fingerprint density at radius 2 is 1.85 bits per heavy atom. The Morgan fingerprint density at radius 3 is 2.49 bits per heavy atom. The molecule has 2 fully saturated rings. The number of ether oxygens (including phenoxy) is 4. The minimum Gasteiger partial charge on any atom is -0.394 e. The molecule has 1 aromatic heterocycles. The van der Waals surface area contributed by atoms with Crippen LogP contribution in [0.1, 0.15) is 45.3 Å². The molecule has 2 amide bonds. The molecule has 7 N–H and O–H groups in total. The van der Waals surface area contributed by atoms with Gasteiger partial charge in [0.05, 0.1) is 13.2 Å². The topological polar surface area (TPSA) is 266 Å². The lowest BCUT2D eigenvalue weighted by atomic mass is 9.94. The number of aliphatic hydroxyl groups is 3. The number of phosphoric acid groups is 1. The second-order valence-electron chi connectivity index (χ2n) is 11.2. The highest BCUT2D eigenvalue weighted by molar-refractivity contribution is 7.47. The van der Waals surface area contributed by atoms with Crippen molar-refractivity contribution in [2.45, 2.75) is 88.1 Å². The van der Waals surface area contributed by atoms with Crippen molar-refractivity contribution >= 4 is 19.6 Å². The first-order valence-corrected chi connectivity index (χ1v) is 16.6. The number of hydrogen-bond acceptors (Lipinski definition) is 14. The monoisotopic (exact) mass is 696 g/mol. The Balaban J connectivity index is 1.51. The highest BCUT2D eigenvalue weighted by atomic mass is 31.2. The van der Waals surface area contributed by atoms with E-state index >= 15 is 0 Å². The number of H-pyrrole nitrogens is 1. The van der Waals surface area contributed by atoms with Crippen molar-refractivity contribution in [1.82, 2.24) is 20.2 Å². The first-order valence-electron chi connectivity index (χ1n) is 15.1. The molecule has 47 heavy (non-hydrogen) atoms. The second kappa shape index (κ2) is 18.3. The van der Waals surface area contributed by atoms with Crippen LogP contribution in [0.15, 0.2) is 21.9 Å². The summed E-state index contributed by atoms with van der Waals surface area (Å²) in [7, 11) is -2.07. The highest BCUT2D eigenvalue weighted by Crippen LogP contribution is 2.50. The maximum Gasteiger partial charge on any atom is 0.472 e. The number of nitrogens with one attached hydrogen (secondary N) is 3. The van der Waals surface area contributed by atoms with Gasteiger partial charge in [0.1, 0.15) is 42.8 Å². The smallest absolute Gasteiger partial charge is 0.394 e. The summed E-state index contributed by atoms with van der Waals surface area (Å²) in [5.41, 5.74) is -1.36. The van der Waals surface area contributed by atoms with E-state index in [9.17, 15) is 44.0 Å². The van der Waals surface area contributed by atoms with Gasteiger partial charge in [0.2, 0.25) is 11.8 Å². The Hall–Kier alpha value is -2.55. The molecule has 19 nitrogen and oxygen atoms in total. The van der Waals surface area contributed by atoms with E-state index in [0.717, 1.165) is 17.7 Å². The number of aromatic nitrogens is 2. The quantitative estimate of drug-likeness (QED) is 0.0638. The molecule has 10 atom stereocenters. The summed E-state index contributed by atoms with van der Waals surface area (Å²) in [6.07, 6.45) is -5.11. The Morgan fingerprint density at radius 1 is 1.11 bits per heavy atom. The van der Waals surface area contributed by atoms with Crippen LogP contribution in [-0.2, 0) is 42.1 Å². The number of aliphatic hydroxyl groups excluding tert-OH is 3. The van der Waals surface area contributed by atoms with E-state index in [1.54, 1.807) is 0 Å². The zero-order valence-corrected chi connectivity index (χ0v) is 27.3. The van der Waals surface area contributed by atoms with Crippen LogP contribution in [0.5, 0.6) is 0 Å². The molecule has 2 aliphatic heterocycles. The fraction of sp³-hybridized carbons (Fsp3) is 0.778. The third kappa shape index (κ3) is 11.0. The van der Waals surface area contributed by atoms with Crippen LogP contribution in [-0.4, -0.2) is 125 Å². The van der Waals surface area contributed by atoms with Crippen LogP contribution < -0.4 is 21.9 Å². The number of nitrogens with zero attached hydrogens (tertiary/aromatic N) is 1. The molecule has 0 radical (unpaired) electrons. The molecule has 0 aliphatic carbocycles. The van der Waals surface area contributed by atoms with Crippen molar-refractivity contribution in [3.8, 4) is 0 Å². The number of phosphoric ester groups is 1. The van der Waals surface area contributed by atoms with Gasteiger partial charge in [0.15, 0.2) is 6.29 Å². The average molecular weight is 697 g/mol. The molecule has 2 aliphatic rings. The van der Waals surface area contributed by atoms with Crippen LogP contribution in [0.4, 0.5) is 0 Å². The van der Waals surface area contributed by atoms with Gasteiger partial charge in [-0.05, 0) is 25.7 Å². The van der Waals surface area contributed by atoms with Gasteiger partial charge >= 0.3 is 13.5 Å². The van der Waals surface area contributed by atoms with Crippen molar-refractivity contribution in [2.75, 3.05) is 40.6 Å². The minimum atomic E-state index is -4.48. The highest BCUT2D eigenvalue weighted by Gasteiger charge is 2.49. The lowest BCUT2D eigenvalue weighted by Crippen LogP contribution is -2.64. The van der Waals surface area contributed by atoms with Crippen molar-refractivity contribution in [2.24, 2.45) is 5.92 Å². The van der Waals surface area contributed by atoms with E-state index in [-0.39, 0.29) is 38.5 Å². The van der Waals surface area contributed by atoms with Gasteiger partial charge in [-0.15, -0.1) is 0 Å². The van der Waals surface area contributed by atoms with Gasteiger partial charge in [-0.25, -0.2) is 9.36 Å². The van der Waals surface area contributed by atoms with Gasteiger partial charge < -0.3 is 49.8 Å². The van der Waals surface area contributed by atoms with Crippen molar-refractivity contribution < 1.29 is 62.4 Å². The van der Waals surface area contributed by atoms with Crippen LogP contribution in [0.2, 0.25) is 0 Å². The molecular weight excluding hydrogens is 651 g/mol. The minimum absolute atomic E-state index is 0.0365. The summed E-state index contributed by atoms with van der Waals surface area (Å²) in [6.45, 7) is 0.952. The first-order chi connectivity index (χ1) is 22.3. The van der Waals surface area contributed by atoms with E-state index in [1.165, 1.54) is 20.2 Å². The van der Waals surface area contributed by atoms with E-state index in [4.69, 9.17) is 23.5 Å². The van der Waals surface area contributed by atoms with Crippen molar-refractivity contribution in [1.29, 1.82) is 0 Å². The standard InChI is InChI=1S/C27H45N4O15P/c1-15(33)29-21-23(37)22(36)17(13-32)45-26(21)43-12-5-4-8-19(34)28-10-6-7-16-24(46-47(39,40)42-3)18(14-41-2)44-25(16)31-11-9-20(35)30-27(31)38/h9,11,16-18,21-26,32,36-37H,4-8,10,12-14H2,1-3H3,(H,28,34)(H,29,33)(H,39,40)(H,30,35,38)/t16?,17-,18-,21-,22+,23-,24-,25-,26-/m1/s1. The summed E-state index contributed by atoms with van der Waals surface area (Å²) < 4.78 is 45.8. The third-order valence-corrected chi connectivity index (χ3v) is 8.75. The number of methoxy groups -OCH3 is 1. The predicted molar refractivity (Wildman–Crippen MR) is 160 cm³/mol. The van der Waals surface area contributed by atoms with Crippen LogP contribution in [0, 0.1) is 5.92 Å². The van der Waals surface area contributed by atoms with Crippen LogP contribution in [0.3, 0.4) is 0 Å². The third-order valence-electron chi connectivity index (χ3n) is 7.78. The van der Waals surface area contributed by atoms with E-state index in [1.807, 2.05) is 0 Å². The molecule has 3 heterocycles. The van der Waals surface area contributed by atoms with Gasteiger partial charge in [0, 0.05) is 58.9 Å². The lowest BCUT2D eigenvalue weighted by Gasteiger charge is -2.42. The maximum absolute atomic E-state index is 12.6. The molecule has 0 spiro atoms. The molecule has 1 aromatic rings. The van der Waals surface area contributed by atoms with Crippen LogP contribution in [0.25, 0.3) is 0 Å². The molecule has 0 bridgehead atoms. The predicted octanol–water partition coefficient (Wildman–Crippen LogP) is -2.14. The molecule has 0 saturated carbocycles. The Bertz CT molecular complexity index is 1330. The number of rotatable bonds is 18. The van der Waals surface area contributed by atoms with E-state index in [0.29, 0.717) is 19.3 Å². The SMILES string of the molecule is COC[C@H]1O[C@@H](n2ccc(=O)[nH]c2=O)C(CCCNC(=O)CCCCO[C@@H]2O[C@H](CO)[C@H](O)[C@H](O)[C@H]2NC(C)=O)[C@H]1OP(=O)(O)OC. The van der Waals surface area contributed by atoms with Gasteiger partial charge in [-0.2, -0.15) is 0 Å². The molecule has 2 saturated heterocycles. The second-order valence-corrected chi connectivity index (χ2v) is 12.7. The fourth-order valence-electron chi connectivity index (χ4n) is 5.50. The summed E-state index contributed by atoms with van der Waals surface area (Å²) in [5.74, 6) is -1.41. The van der Waals surface area contributed by atoms with E-state index < -0.39 is 86.6 Å². The zero-order valence-electron chi connectivity index (χ0n) is 26.4. The molecular formula is C27H45N4O15P. The summed E-state index contributed by atoms with van der Waals surface area (Å²) in [5, 5.41) is 35.1. The number of amides is 2. The fourth-order valence-corrected chi connectivity index (χ4v) is 6.18. The lowest BCUT2D eigenvalue weighted by molar-refractivity contribution is -0.270. The largest absolute Gasteiger partial charge is 0.472 e. The molecule has 0 aromatic carbocycles. The number of hydrogen-bond donors (Lipinski definition) is 7. The summed E-state index contributed by atoms with van der Waals surface area (Å²) in [4.78, 5) is 60.4. The normalized spacial score (nSPS) is 30.5. The number of carbonyl (C=O) groups excluding carboxylic acids is 2. The van der Waals surface area contributed by atoms with Gasteiger partial charge in [-0.3, -0.25) is 33.0 Å². The van der Waals surface area contributed by atoms with Crippen LogP contribution >= 0.6 is 7.82 Å². The Labute approximate surface area is 270 Å². The molecule has 3 rings (SSSR count). The maximum atomic E-state index is 12.6. The van der Waals surface area contributed by atoms with Crippen molar-refractivity contribution in [3.05, 3.63) is 33.1 Å². The van der Waals surface area contributed by atoms with Gasteiger partial charge in [-0.1, -0.05) is 0 Å². The number of carbonyl (C=O) groups is 2.